The molecule has 2 heterocycles. The largest absolute Gasteiger partial charge is 0.366 e. The van der Waals surface area contributed by atoms with E-state index in [1.807, 2.05) is 31.1 Å². The van der Waals surface area contributed by atoms with Gasteiger partial charge in [0.05, 0.1) is 4.92 Å². The van der Waals surface area contributed by atoms with Crippen LogP contribution in [-0.4, -0.2) is 53.0 Å². The van der Waals surface area contributed by atoms with E-state index >= 15 is 0 Å². The lowest BCUT2D eigenvalue weighted by molar-refractivity contribution is -0.384. The summed E-state index contributed by atoms with van der Waals surface area (Å²) in [5, 5.41) is 14.3. The van der Waals surface area contributed by atoms with Gasteiger partial charge in [-0.25, -0.2) is 4.98 Å². The maximum Gasteiger partial charge on any atom is 0.269 e. The number of rotatable bonds is 6. The van der Waals surface area contributed by atoms with Crippen molar-refractivity contribution in [3.8, 4) is 0 Å². The van der Waals surface area contributed by atoms with Crippen molar-refractivity contribution in [1.29, 1.82) is 0 Å². The molecule has 1 aliphatic heterocycles. The molecule has 1 saturated heterocycles. The fraction of sp³-hybridized carbons (Fsp3) is 0.412. The zero-order valence-electron chi connectivity index (χ0n) is 14.4. The normalized spacial score (nSPS) is 17.4. The first-order chi connectivity index (χ1) is 12.0. The third kappa shape index (κ3) is 4.42. The number of hydrogen-bond donors (Lipinski definition) is 1. The van der Waals surface area contributed by atoms with Crippen LogP contribution in [0.15, 0.2) is 36.5 Å². The van der Waals surface area contributed by atoms with Gasteiger partial charge in [-0.3, -0.25) is 15.0 Å². The minimum atomic E-state index is -0.352. The molecule has 132 valence electrons. The molecule has 3 rings (SSSR count). The second-order valence-electron chi connectivity index (χ2n) is 6.43. The topological polar surface area (TPSA) is 87.4 Å². The fourth-order valence-corrected chi connectivity index (χ4v) is 2.97. The fourth-order valence-electron chi connectivity index (χ4n) is 2.97. The van der Waals surface area contributed by atoms with Crippen LogP contribution >= 0.6 is 0 Å². The Hall–Kier alpha value is -2.74. The second kappa shape index (κ2) is 7.43. The van der Waals surface area contributed by atoms with Crippen molar-refractivity contribution in [1.82, 2.24) is 14.9 Å². The molecule has 1 aromatic carbocycles. The van der Waals surface area contributed by atoms with E-state index in [4.69, 9.17) is 0 Å². The summed E-state index contributed by atoms with van der Waals surface area (Å²) in [6.45, 7) is 2.54. The van der Waals surface area contributed by atoms with E-state index in [2.05, 4.69) is 20.2 Å². The summed E-state index contributed by atoms with van der Waals surface area (Å²) in [6.07, 6.45) is 2.76. The first-order valence-electron chi connectivity index (χ1n) is 8.24. The number of nitro groups is 1. The average Bonchev–Trinajstić information content (AvgIpc) is 3.02. The van der Waals surface area contributed by atoms with Crippen molar-refractivity contribution in [3.05, 3.63) is 52.2 Å². The van der Waals surface area contributed by atoms with Crippen molar-refractivity contribution >= 4 is 17.5 Å². The molecule has 1 unspecified atom stereocenters. The number of hydrogen-bond acceptors (Lipinski definition) is 7. The Labute approximate surface area is 146 Å². The molecular weight excluding hydrogens is 320 g/mol. The first kappa shape index (κ1) is 17.1. The Morgan fingerprint density at radius 2 is 2.24 bits per heavy atom. The van der Waals surface area contributed by atoms with Crippen molar-refractivity contribution < 1.29 is 4.92 Å². The molecule has 1 N–H and O–H groups in total. The highest BCUT2D eigenvalue weighted by atomic mass is 16.6. The molecule has 25 heavy (non-hydrogen) atoms. The summed E-state index contributed by atoms with van der Waals surface area (Å²) in [5.41, 5.74) is 1.11. The number of benzene rings is 1. The predicted molar refractivity (Wildman–Crippen MR) is 96.8 cm³/mol. The maximum absolute atomic E-state index is 10.9. The van der Waals surface area contributed by atoms with Gasteiger partial charge in [0.1, 0.15) is 5.82 Å². The summed E-state index contributed by atoms with van der Waals surface area (Å²) in [4.78, 5) is 23.4. The highest BCUT2D eigenvalue weighted by molar-refractivity contribution is 5.41. The van der Waals surface area contributed by atoms with E-state index in [1.54, 1.807) is 18.3 Å². The van der Waals surface area contributed by atoms with Crippen LogP contribution in [0.5, 0.6) is 0 Å². The van der Waals surface area contributed by atoms with Gasteiger partial charge in [-0.15, -0.1) is 0 Å². The van der Waals surface area contributed by atoms with Crippen molar-refractivity contribution in [2.24, 2.45) is 0 Å². The summed E-state index contributed by atoms with van der Waals surface area (Å²) in [6, 6.07) is 9.02. The number of aromatic nitrogens is 2. The van der Waals surface area contributed by atoms with Crippen LogP contribution in [0.1, 0.15) is 12.0 Å². The van der Waals surface area contributed by atoms with Crippen LogP contribution < -0.4 is 10.2 Å². The standard InChI is InChI=1S/C17H22N6O2/c1-21(2)17-18-8-6-16(20-17)19-14-7-9-22(12-14)11-13-4-3-5-15(10-13)23(24)25/h3-6,8,10,14H,7,9,11-12H2,1-2H3,(H,18,19,20). The molecule has 8 heteroatoms. The van der Waals surface area contributed by atoms with Gasteiger partial charge in [0.15, 0.2) is 0 Å². The van der Waals surface area contributed by atoms with Crippen LogP contribution in [-0.2, 0) is 6.54 Å². The smallest absolute Gasteiger partial charge is 0.269 e. The highest BCUT2D eigenvalue weighted by Crippen LogP contribution is 2.20. The van der Waals surface area contributed by atoms with E-state index in [9.17, 15) is 10.1 Å². The molecule has 0 radical (unpaired) electrons. The average molecular weight is 342 g/mol. The van der Waals surface area contributed by atoms with Crippen LogP contribution in [0.2, 0.25) is 0 Å². The number of nitrogens with one attached hydrogen (secondary N) is 1. The van der Waals surface area contributed by atoms with Gasteiger partial charge in [-0.1, -0.05) is 12.1 Å². The highest BCUT2D eigenvalue weighted by Gasteiger charge is 2.23. The SMILES string of the molecule is CN(C)c1nccc(NC2CCN(Cc3cccc([N+](=O)[O-])c3)C2)n1. The van der Waals surface area contributed by atoms with Gasteiger partial charge in [0.25, 0.3) is 5.69 Å². The molecule has 1 atom stereocenters. The summed E-state index contributed by atoms with van der Waals surface area (Å²) in [5.74, 6) is 1.50. The van der Waals surface area contributed by atoms with Crippen LogP contribution in [0.4, 0.5) is 17.5 Å². The van der Waals surface area contributed by atoms with Gasteiger partial charge in [-0.2, -0.15) is 4.98 Å². The zero-order valence-corrected chi connectivity index (χ0v) is 14.4. The molecule has 0 aliphatic carbocycles. The van der Waals surface area contributed by atoms with Crippen molar-refractivity contribution in [2.75, 3.05) is 37.4 Å². The van der Waals surface area contributed by atoms with Gasteiger partial charge in [0.2, 0.25) is 5.95 Å². The van der Waals surface area contributed by atoms with Gasteiger partial charge >= 0.3 is 0 Å². The molecule has 0 amide bonds. The van der Waals surface area contributed by atoms with Crippen LogP contribution in [0.3, 0.4) is 0 Å². The summed E-state index contributed by atoms with van der Waals surface area (Å²) in [7, 11) is 3.82. The quantitative estimate of drug-likeness (QED) is 0.635. The van der Waals surface area contributed by atoms with Crippen molar-refractivity contribution in [3.63, 3.8) is 0 Å². The second-order valence-corrected chi connectivity index (χ2v) is 6.43. The van der Waals surface area contributed by atoms with Gasteiger partial charge in [0, 0.05) is 58.1 Å². The van der Waals surface area contributed by atoms with E-state index < -0.39 is 0 Å². The van der Waals surface area contributed by atoms with E-state index in [-0.39, 0.29) is 10.6 Å². The van der Waals surface area contributed by atoms with E-state index in [0.29, 0.717) is 18.5 Å². The molecule has 0 spiro atoms. The molecular formula is C17H22N6O2. The lowest BCUT2D eigenvalue weighted by Gasteiger charge is -2.18. The predicted octanol–water partition coefficient (Wildman–Crippen LogP) is 2.14. The number of anilines is 2. The molecule has 0 saturated carbocycles. The van der Waals surface area contributed by atoms with E-state index in [1.165, 1.54) is 6.07 Å². The maximum atomic E-state index is 10.9. The van der Waals surface area contributed by atoms with Crippen molar-refractivity contribution in [2.45, 2.75) is 19.0 Å². The molecule has 1 fully saturated rings. The lowest BCUT2D eigenvalue weighted by Crippen LogP contribution is -2.26. The molecule has 2 aromatic rings. The Morgan fingerprint density at radius 3 is 3.00 bits per heavy atom. The van der Waals surface area contributed by atoms with Crippen LogP contribution in [0, 0.1) is 10.1 Å². The molecule has 1 aliphatic rings. The Bertz CT molecular complexity index is 751. The number of nitro benzene ring substituents is 1. The summed E-state index contributed by atoms with van der Waals surface area (Å²) >= 11 is 0. The Balaban J connectivity index is 1.58. The molecule has 0 bridgehead atoms. The Morgan fingerprint density at radius 1 is 1.40 bits per heavy atom. The Kier molecular flexibility index (Phi) is 5.08. The van der Waals surface area contributed by atoms with Crippen LogP contribution in [0.25, 0.3) is 0 Å². The lowest BCUT2D eigenvalue weighted by atomic mass is 10.2. The van der Waals surface area contributed by atoms with E-state index in [0.717, 1.165) is 30.9 Å². The molecule has 8 nitrogen and oxygen atoms in total. The minimum absolute atomic E-state index is 0.142. The number of nitrogens with zero attached hydrogens (tertiary/aromatic N) is 5. The number of non-ortho nitro benzene ring substituents is 1. The third-order valence-corrected chi connectivity index (χ3v) is 4.19. The van der Waals surface area contributed by atoms with Gasteiger partial charge < -0.3 is 10.2 Å². The molecule has 1 aromatic heterocycles. The zero-order chi connectivity index (χ0) is 17.8. The minimum Gasteiger partial charge on any atom is -0.366 e. The first-order valence-corrected chi connectivity index (χ1v) is 8.24. The third-order valence-electron chi connectivity index (χ3n) is 4.19. The monoisotopic (exact) mass is 342 g/mol. The summed E-state index contributed by atoms with van der Waals surface area (Å²) < 4.78 is 0. The number of likely N-dealkylation sites (tertiary alicyclic amines) is 1. The van der Waals surface area contributed by atoms with Gasteiger partial charge in [-0.05, 0) is 18.1 Å².